The van der Waals surface area contributed by atoms with E-state index in [4.69, 9.17) is 10.5 Å². The lowest BCUT2D eigenvalue weighted by Crippen LogP contribution is -2.30. The third-order valence-corrected chi connectivity index (χ3v) is 4.39. The Kier molecular flexibility index (Phi) is 5.47. The second-order valence-corrected chi connectivity index (χ2v) is 6.21. The molecule has 1 aliphatic heterocycles. The largest absolute Gasteiger partial charge is 0.379 e. The predicted molar refractivity (Wildman–Crippen MR) is 96.3 cm³/mol. The fraction of sp³-hybridized carbons (Fsp3) is 0.235. The van der Waals surface area contributed by atoms with Crippen molar-refractivity contribution in [2.45, 2.75) is 0 Å². The molecule has 3 N–H and O–H groups in total. The molecule has 0 saturated carbocycles. The number of aromatic nitrogens is 2. The van der Waals surface area contributed by atoms with Crippen molar-refractivity contribution in [3.05, 3.63) is 41.3 Å². The van der Waals surface area contributed by atoms with Gasteiger partial charge in [-0.3, -0.25) is 4.79 Å². The van der Waals surface area contributed by atoms with Gasteiger partial charge in [-0.1, -0.05) is 30.3 Å². The SMILES string of the molecule is C1COCCN1.Nc1nc(-c2ccccc2)c2cc(C=O)sc2n1. The van der Waals surface area contributed by atoms with E-state index in [1.807, 2.05) is 30.3 Å². The van der Waals surface area contributed by atoms with E-state index in [9.17, 15) is 4.79 Å². The minimum Gasteiger partial charge on any atom is -0.379 e. The molecule has 3 heterocycles. The maximum Gasteiger partial charge on any atom is 0.221 e. The first kappa shape index (κ1) is 16.5. The number of nitrogens with two attached hydrogens (primary N) is 1. The molecule has 1 aromatic carbocycles. The Balaban J connectivity index is 0.000000238. The Morgan fingerprint density at radius 3 is 2.50 bits per heavy atom. The lowest BCUT2D eigenvalue weighted by Gasteiger charge is -2.10. The van der Waals surface area contributed by atoms with Gasteiger partial charge in [-0.25, -0.2) is 9.97 Å². The van der Waals surface area contributed by atoms with Crippen LogP contribution in [0.2, 0.25) is 0 Å². The molecule has 3 aromatic rings. The lowest BCUT2D eigenvalue weighted by molar-refractivity contribution is 0.109. The number of hydrogen-bond donors (Lipinski definition) is 2. The third-order valence-electron chi connectivity index (χ3n) is 3.44. The van der Waals surface area contributed by atoms with E-state index in [0.717, 1.165) is 54.1 Å². The van der Waals surface area contributed by atoms with Gasteiger partial charge in [-0.05, 0) is 6.07 Å². The summed E-state index contributed by atoms with van der Waals surface area (Å²) in [6.45, 7) is 3.83. The van der Waals surface area contributed by atoms with Crippen molar-refractivity contribution in [2.24, 2.45) is 0 Å². The molecule has 1 fully saturated rings. The molecular weight excluding hydrogens is 324 g/mol. The Morgan fingerprint density at radius 2 is 1.92 bits per heavy atom. The number of hydrogen-bond acceptors (Lipinski definition) is 7. The number of fused-ring (bicyclic) bond motifs is 1. The summed E-state index contributed by atoms with van der Waals surface area (Å²) < 4.78 is 5.01. The maximum absolute atomic E-state index is 10.8. The number of benzene rings is 1. The van der Waals surface area contributed by atoms with Crippen molar-refractivity contribution in [2.75, 3.05) is 32.0 Å². The molecule has 0 aliphatic carbocycles. The van der Waals surface area contributed by atoms with Gasteiger partial charge in [-0.15, -0.1) is 11.3 Å². The number of anilines is 1. The first-order valence-electron chi connectivity index (χ1n) is 7.64. The van der Waals surface area contributed by atoms with Gasteiger partial charge in [0, 0.05) is 24.0 Å². The Labute approximate surface area is 143 Å². The molecule has 6 nitrogen and oxygen atoms in total. The zero-order valence-corrected chi connectivity index (χ0v) is 13.9. The Bertz CT molecular complexity index is 805. The number of thiophene rings is 1. The van der Waals surface area contributed by atoms with E-state index < -0.39 is 0 Å². The van der Waals surface area contributed by atoms with Gasteiger partial charge < -0.3 is 15.8 Å². The zero-order valence-electron chi connectivity index (χ0n) is 13.1. The summed E-state index contributed by atoms with van der Waals surface area (Å²) >= 11 is 1.32. The summed E-state index contributed by atoms with van der Waals surface area (Å²) in [6, 6.07) is 11.5. The van der Waals surface area contributed by atoms with Crippen molar-refractivity contribution in [3.63, 3.8) is 0 Å². The van der Waals surface area contributed by atoms with E-state index in [0.29, 0.717) is 4.88 Å². The first-order valence-corrected chi connectivity index (χ1v) is 8.45. The topological polar surface area (TPSA) is 90.1 Å². The van der Waals surface area contributed by atoms with Crippen LogP contribution < -0.4 is 11.1 Å². The number of rotatable bonds is 2. The molecule has 1 saturated heterocycles. The summed E-state index contributed by atoms with van der Waals surface area (Å²) in [4.78, 5) is 20.6. The van der Waals surface area contributed by atoms with Crippen LogP contribution in [0.5, 0.6) is 0 Å². The highest BCUT2D eigenvalue weighted by atomic mass is 32.1. The van der Waals surface area contributed by atoms with E-state index in [-0.39, 0.29) is 5.95 Å². The minimum absolute atomic E-state index is 0.223. The summed E-state index contributed by atoms with van der Waals surface area (Å²) in [5, 5.41) is 4.02. The molecule has 24 heavy (non-hydrogen) atoms. The number of nitrogen functional groups attached to an aromatic ring is 1. The van der Waals surface area contributed by atoms with Crippen LogP contribution in [0.15, 0.2) is 36.4 Å². The second kappa shape index (κ2) is 7.96. The predicted octanol–water partition coefficient (Wildman–Crippen LogP) is 2.36. The molecule has 0 amide bonds. The number of morpholine rings is 1. The average Bonchev–Trinajstić information content (AvgIpc) is 3.07. The number of carbonyl (C=O) groups excluding carboxylic acids is 1. The smallest absolute Gasteiger partial charge is 0.221 e. The van der Waals surface area contributed by atoms with Gasteiger partial charge in [-0.2, -0.15) is 0 Å². The molecule has 0 radical (unpaired) electrons. The van der Waals surface area contributed by atoms with Gasteiger partial charge in [0.1, 0.15) is 4.83 Å². The highest BCUT2D eigenvalue weighted by Crippen LogP contribution is 2.31. The van der Waals surface area contributed by atoms with Crippen LogP contribution in [0.1, 0.15) is 9.67 Å². The standard InChI is InChI=1S/C13H9N3OS.C4H9NO/c14-13-15-11(8-4-2-1-3-5-8)10-6-9(7-17)18-12(10)16-13;1-3-6-4-2-5-1/h1-7H,(H2,14,15,16);5H,1-4H2. The average molecular weight is 342 g/mol. The van der Waals surface area contributed by atoms with E-state index in [1.54, 1.807) is 6.07 Å². The summed E-state index contributed by atoms with van der Waals surface area (Å²) in [6.07, 6.45) is 0.817. The zero-order chi connectivity index (χ0) is 16.8. The maximum atomic E-state index is 10.8. The summed E-state index contributed by atoms with van der Waals surface area (Å²) in [7, 11) is 0. The van der Waals surface area contributed by atoms with Crippen LogP contribution in [0.4, 0.5) is 5.95 Å². The Hall–Kier alpha value is -2.35. The quantitative estimate of drug-likeness (QED) is 0.695. The van der Waals surface area contributed by atoms with Crippen LogP contribution >= 0.6 is 11.3 Å². The van der Waals surface area contributed by atoms with Crippen molar-refractivity contribution >= 4 is 33.8 Å². The fourth-order valence-corrected chi connectivity index (χ4v) is 3.20. The van der Waals surface area contributed by atoms with Gasteiger partial charge in [0.25, 0.3) is 0 Å². The van der Waals surface area contributed by atoms with Gasteiger partial charge in [0.2, 0.25) is 5.95 Å². The van der Waals surface area contributed by atoms with E-state index >= 15 is 0 Å². The van der Waals surface area contributed by atoms with E-state index in [2.05, 4.69) is 15.3 Å². The monoisotopic (exact) mass is 342 g/mol. The summed E-state index contributed by atoms with van der Waals surface area (Å²) in [5.74, 6) is 0.223. The molecule has 4 rings (SSSR count). The molecule has 7 heteroatoms. The number of carbonyl (C=O) groups is 1. The van der Waals surface area contributed by atoms with Crippen LogP contribution in [-0.2, 0) is 4.74 Å². The number of aldehydes is 1. The lowest BCUT2D eigenvalue weighted by atomic mass is 10.1. The van der Waals surface area contributed by atoms with Crippen LogP contribution in [0.25, 0.3) is 21.5 Å². The van der Waals surface area contributed by atoms with Crippen LogP contribution in [-0.4, -0.2) is 42.6 Å². The first-order chi connectivity index (χ1) is 11.8. The normalized spacial score (nSPS) is 14.0. The molecule has 0 atom stereocenters. The highest BCUT2D eigenvalue weighted by Gasteiger charge is 2.11. The third kappa shape index (κ3) is 3.94. The van der Waals surface area contributed by atoms with Gasteiger partial charge in [0.05, 0.1) is 23.8 Å². The number of nitrogens with zero attached hydrogens (tertiary/aromatic N) is 2. The molecule has 1 aliphatic rings. The Morgan fingerprint density at radius 1 is 1.17 bits per heavy atom. The van der Waals surface area contributed by atoms with Crippen molar-refractivity contribution in [1.29, 1.82) is 0 Å². The van der Waals surface area contributed by atoms with E-state index in [1.165, 1.54) is 11.3 Å². The van der Waals surface area contributed by atoms with Crippen molar-refractivity contribution < 1.29 is 9.53 Å². The highest BCUT2D eigenvalue weighted by molar-refractivity contribution is 7.20. The van der Waals surface area contributed by atoms with Crippen LogP contribution in [0, 0.1) is 0 Å². The number of ether oxygens (including phenoxy) is 1. The molecule has 0 spiro atoms. The van der Waals surface area contributed by atoms with Crippen LogP contribution in [0.3, 0.4) is 0 Å². The molecule has 124 valence electrons. The summed E-state index contributed by atoms with van der Waals surface area (Å²) in [5.41, 5.74) is 7.44. The van der Waals surface area contributed by atoms with Gasteiger partial charge >= 0.3 is 0 Å². The van der Waals surface area contributed by atoms with Crippen molar-refractivity contribution in [1.82, 2.24) is 15.3 Å². The fourth-order valence-electron chi connectivity index (χ4n) is 2.35. The second-order valence-electron chi connectivity index (χ2n) is 5.14. The minimum atomic E-state index is 0.223. The molecule has 0 bridgehead atoms. The molecule has 0 unspecified atom stereocenters. The molecule has 2 aromatic heterocycles. The molecular formula is C17H18N4O2S. The number of nitrogens with one attached hydrogen (secondary N) is 1. The van der Waals surface area contributed by atoms with Crippen molar-refractivity contribution in [3.8, 4) is 11.3 Å². The van der Waals surface area contributed by atoms with Gasteiger partial charge in [0.15, 0.2) is 6.29 Å².